The first-order chi connectivity index (χ1) is 13.0. The van der Waals surface area contributed by atoms with Crippen LogP contribution in [0.2, 0.25) is 0 Å². The van der Waals surface area contributed by atoms with Gasteiger partial charge in [0, 0.05) is 0 Å². The van der Waals surface area contributed by atoms with Crippen LogP contribution in [0.1, 0.15) is 28.4 Å². The number of fused-ring (bicyclic) bond motifs is 1. The minimum atomic E-state index is -0.607. The lowest BCUT2D eigenvalue weighted by Gasteiger charge is -2.09. The first-order valence-electron chi connectivity index (χ1n) is 8.54. The summed E-state index contributed by atoms with van der Waals surface area (Å²) < 4.78 is 11.5. The number of anilines is 1. The second-order valence-corrected chi connectivity index (χ2v) is 7.03. The van der Waals surface area contributed by atoms with Crippen LogP contribution < -0.4 is 10.1 Å². The number of hydrogen-bond donors (Lipinski definition) is 1. The monoisotopic (exact) mass is 384 g/mol. The third-order valence-corrected chi connectivity index (χ3v) is 4.74. The van der Waals surface area contributed by atoms with E-state index in [1.54, 1.807) is 24.3 Å². The molecule has 1 N–H and O–H groups in total. The number of carbonyl (C=O) groups excluding carboxylic acids is 2. The number of ether oxygens (including phenoxy) is 2. The first-order valence-corrected chi connectivity index (χ1v) is 9.36. The SMILES string of the molecule is CCOc1ccccc1C(=O)OCC(=O)Nc1nc2c(C)cc(C)cc2s1. The molecule has 1 heterocycles. The van der Waals surface area contributed by atoms with Gasteiger partial charge in [-0.1, -0.05) is 29.5 Å². The molecule has 1 aromatic heterocycles. The molecule has 0 saturated heterocycles. The predicted octanol–water partition coefficient (Wildman–Crippen LogP) is 4.11. The highest BCUT2D eigenvalue weighted by Gasteiger charge is 2.16. The maximum Gasteiger partial charge on any atom is 0.342 e. The molecule has 0 spiro atoms. The van der Waals surface area contributed by atoms with Crippen LogP contribution in [0.4, 0.5) is 5.13 Å². The van der Waals surface area contributed by atoms with Crippen LogP contribution in [-0.2, 0) is 9.53 Å². The molecular weight excluding hydrogens is 364 g/mol. The van der Waals surface area contributed by atoms with Gasteiger partial charge in [-0.25, -0.2) is 9.78 Å². The zero-order chi connectivity index (χ0) is 19.4. The van der Waals surface area contributed by atoms with Gasteiger partial charge >= 0.3 is 5.97 Å². The largest absolute Gasteiger partial charge is 0.493 e. The van der Waals surface area contributed by atoms with E-state index in [9.17, 15) is 9.59 Å². The van der Waals surface area contributed by atoms with Crippen LogP contribution in [0, 0.1) is 13.8 Å². The second kappa shape index (κ2) is 8.18. The molecule has 2 aromatic carbocycles. The number of aromatic nitrogens is 1. The number of nitrogens with one attached hydrogen (secondary N) is 1. The standard InChI is InChI=1S/C20H20N2O4S/c1-4-25-15-8-6-5-7-14(15)19(24)26-11-17(23)21-20-22-18-13(3)9-12(2)10-16(18)27-20/h5-10H,4,11H2,1-3H3,(H,21,22,23). The molecule has 3 rings (SSSR count). The molecule has 6 nitrogen and oxygen atoms in total. The van der Waals surface area contributed by atoms with Gasteiger partial charge in [0.25, 0.3) is 5.91 Å². The summed E-state index contributed by atoms with van der Waals surface area (Å²) in [6.07, 6.45) is 0. The molecule has 0 aliphatic rings. The highest BCUT2D eigenvalue weighted by atomic mass is 32.1. The van der Waals surface area contributed by atoms with Crippen molar-refractivity contribution in [3.63, 3.8) is 0 Å². The summed E-state index contributed by atoms with van der Waals surface area (Å²) in [5.74, 6) is -0.613. The van der Waals surface area contributed by atoms with Gasteiger partial charge in [-0.3, -0.25) is 10.1 Å². The fraction of sp³-hybridized carbons (Fsp3) is 0.250. The lowest BCUT2D eigenvalue weighted by molar-refractivity contribution is -0.119. The van der Waals surface area contributed by atoms with Crippen molar-refractivity contribution in [1.82, 2.24) is 4.98 Å². The molecule has 27 heavy (non-hydrogen) atoms. The van der Waals surface area contributed by atoms with Crippen molar-refractivity contribution in [3.05, 3.63) is 53.1 Å². The maximum atomic E-state index is 12.2. The number of nitrogens with zero attached hydrogens (tertiary/aromatic N) is 1. The smallest absolute Gasteiger partial charge is 0.342 e. The van der Waals surface area contributed by atoms with Crippen molar-refractivity contribution in [2.24, 2.45) is 0 Å². The third kappa shape index (κ3) is 4.43. The summed E-state index contributed by atoms with van der Waals surface area (Å²) in [5, 5.41) is 3.17. The summed E-state index contributed by atoms with van der Waals surface area (Å²) in [6.45, 7) is 5.87. The van der Waals surface area contributed by atoms with E-state index in [2.05, 4.69) is 10.3 Å². The van der Waals surface area contributed by atoms with Crippen molar-refractivity contribution in [2.75, 3.05) is 18.5 Å². The van der Waals surface area contributed by atoms with Gasteiger partial charge < -0.3 is 9.47 Å². The van der Waals surface area contributed by atoms with Crippen molar-refractivity contribution in [1.29, 1.82) is 0 Å². The van der Waals surface area contributed by atoms with E-state index in [1.807, 2.05) is 32.9 Å². The minimum Gasteiger partial charge on any atom is -0.493 e. The van der Waals surface area contributed by atoms with Crippen molar-refractivity contribution >= 4 is 38.6 Å². The Morgan fingerprint density at radius 2 is 1.96 bits per heavy atom. The van der Waals surface area contributed by atoms with Gasteiger partial charge in [-0.2, -0.15) is 0 Å². The fourth-order valence-corrected chi connectivity index (χ4v) is 3.76. The van der Waals surface area contributed by atoms with Gasteiger partial charge in [-0.15, -0.1) is 0 Å². The summed E-state index contributed by atoms with van der Waals surface area (Å²) in [5.41, 5.74) is 3.35. The summed E-state index contributed by atoms with van der Waals surface area (Å²) in [6, 6.07) is 10.8. The summed E-state index contributed by atoms with van der Waals surface area (Å²) >= 11 is 1.39. The van der Waals surface area contributed by atoms with E-state index in [0.717, 1.165) is 21.3 Å². The lowest BCUT2D eigenvalue weighted by Crippen LogP contribution is -2.21. The van der Waals surface area contributed by atoms with E-state index in [4.69, 9.17) is 9.47 Å². The van der Waals surface area contributed by atoms with E-state index < -0.39 is 18.5 Å². The highest BCUT2D eigenvalue weighted by Crippen LogP contribution is 2.29. The third-order valence-electron chi connectivity index (χ3n) is 3.82. The predicted molar refractivity (Wildman–Crippen MR) is 106 cm³/mol. The lowest BCUT2D eigenvalue weighted by atomic mass is 10.1. The maximum absolute atomic E-state index is 12.2. The van der Waals surface area contributed by atoms with E-state index >= 15 is 0 Å². The molecule has 0 bridgehead atoms. The van der Waals surface area contributed by atoms with E-state index in [0.29, 0.717) is 23.1 Å². The van der Waals surface area contributed by atoms with Crippen LogP contribution in [0.3, 0.4) is 0 Å². The Morgan fingerprint density at radius 1 is 1.19 bits per heavy atom. The number of esters is 1. The Balaban J connectivity index is 1.63. The summed E-state index contributed by atoms with van der Waals surface area (Å²) in [7, 11) is 0. The van der Waals surface area contributed by atoms with Gasteiger partial charge in [0.2, 0.25) is 0 Å². The van der Waals surface area contributed by atoms with Crippen LogP contribution in [0.15, 0.2) is 36.4 Å². The van der Waals surface area contributed by atoms with E-state index in [-0.39, 0.29) is 0 Å². The molecule has 7 heteroatoms. The number of rotatable bonds is 6. The topological polar surface area (TPSA) is 77.5 Å². The molecule has 0 radical (unpaired) electrons. The second-order valence-electron chi connectivity index (χ2n) is 6.00. The van der Waals surface area contributed by atoms with Crippen molar-refractivity contribution in [2.45, 2.75) is 20.8 Å². The molecule has 0 atom stereocenters. The van der Waals surface area contributed by atoms with Crippen LogP contribution in [0.25, 0.3) is 10.2 Å². The number of benzene rings is 2. The molecule has 0 fully saturated rings. The van der Waals surface area contributed by atoms with Crippen molar-refractivity contribution in [3.8, 4) is 5.75 Å². The Labute approximate surface area is 161 Å². The molecule has 1 amide bonds. The van der Waals surface area contributed by atoms with Crippen molar-refractivity contribution < 1.29 is 19.1 Å². The highest BCUT2D eigenvalue weighted by molar-refractivity contribution is 7.22. The summed E-state index contributed by atoms with van der Waals surface area (Å²) in [4.78, 5) is 28.8. The number of amides is 1. The Hall–Kier alpha value is -2.93. The van der Waals surface area contributed by atoms with Gasteiger partial charge in [0.05, 0.1) is 16.8 Å². The minimum absolute atomic E-state index is 0.290. The normalized spacial score (nSPS) is 10.6. The number of para-hydroxylation sites is 1. The average molecular weight is 384 g/mol. The Bertz CT molecular complexity index is 997. The number of carbonyl (C=O) groups is 2. The fourth-order valence-electron chi connectivity index (χ4n) is 2.70. The van der Waals surface area contributed by atoms with Crippen LogP contribution in [-0.4, -0.2) is 30.1 Å². The number of aryl methyl sites for hydroxylation is 2. The first kappa shape index (κ1) is 18.8. The zero-order valence-corrected chi connectivity index (χ0v) is 16.2. The van der Waals surface area contributed by atoms with Gasteiger partial charge in [0.15, 0.2) is 11.7 Å². The number of hydrogen-bond acceptors (Lipinski definition) is 6. The Kier molecular flexibility index (Phi) is 5.71. The molecule has 0 unspecified atom stereocenters. The molecule has 140 valence electrons. The Morgan fingerprint density at radius 3 is 2.74 bits per heavy atom. The van der Waals surface area contributed by atoms with Gasteiger partial charge in [0.1, 0.15) is 11.3 Å². The molecule has 0 aliphatic heterocycles. The van der Waals surface area contributed by atoms with Crippen LogP contribution in [0.5, 0.6) is 5.75 Å². The van der Waals surface area contributed by atoms with Crippen LogP contribution >= 0.6 is 11.3 Å². The molecule has 0 aliphatic carbocycles. The molecule has 0 saturated carbocycles. The zero-order valence-electron chi connectivity index (χ0n) is 15.4. The number of thiazole rings is 1. The average Bonchev–Trinajstić information content (AvgIpc) is 3.03. The quantitative estimate of drug-likeness (QED) is 0.647. The van der Waals surface area contributed by atoms with Gasteiger partial charge in [-0.05, 0) is 50.1 Å². The molecular formula is C20H20N2O4S. The van der Waals surface area contributed by atoms with E-state index in [1.165, 1.54) is 11.3 Å². The molecule has 3 aromatic rings.